The molecule has 1 nitrogen and oxygen atoms in total. The van der Waals surface area contributed by atoms with Gasteiger partial charge < -0.3 is 4.42 Å². The minimum atomic E-state index is -0.604. The molecule has 0 aliphatic rings. The minimum absolute atomic E-state index is 0.00373. The highest BCUT2D eigenvalue weighted by molar-refractivity contribution is 6.25. The first-order valence-electron chi connectivity index (χ1n) is 25.8. The van der Waals surface area contributed by atoms with Crippen LogP contribution >= 0.6 is 0 Å². The van der Waals surface area contributed by atoms with Gasteiger partial charge in [-0.05, 0) is 129 Å². The molecule has 12 rings (SSSR count). The molecule has 11 aromatic carbocycles. The summed E-state index contributed by atoms with van der Waals surface area (Å²) >= 11 is 0. The first-order valence-corrected chi connectivity index (χ1v) is 19.3. The van der Waals surface area contributed by atoms with Crippen molar-refractivity contribution in [3.05, 3.63) is 218 Å². The first-order chi connectivity index (χ1) is 34.7. The lowest BCUT2D eigenvalue weighted by atomic mass is 9.82. The van der Waals surface area contributed by atoms with Gasteiger partial charge in [0.05, 0.1) is 17.8 Å². The Hall–Kier alpha value is -7.74. The summed E-state index contributed by atoms with van der Waals surface area (Å²) in [7, 11) is 0. The van der Waals surface area contributed by atoms with Gasteiger partial charge >= 0.3 is 0 Å². The van der Waals surface area contributed by atoms with Crippen molar-refractivity contribution in [1.29, 1.82) is 0 Å². The van der Waals surface area contributed by atoms with Crippen LogP contribution in [0.2, 0.25) is 0 Å². The lowest BCUT2D eigenvalue weighted by Crippen LogP contribution is -1.94. The molecular formula is C58H36O. The topological polar surface area (TPSA) is 13.1 Å². The minimum Gasteiger partial charge on any atom is -0.456 e. The zero-order valence-corrected chi connectivity index (χ0v) is 31.2. The Bertz CT molecular complexity index is 4260. The molecule has 0 fully saturated rings. The Kier molecular flexibility index (Phi) is 5.21. The van der Waals surface area contributed by atoms with Gasteiger partial charge in [-0.2, -0.15) is 0 Å². The smallest absolute Gasteiger partial charge is 0.136 e. The van der Waals surface area contributed by atoms with E-state index in [1.807, 2.05) is 54.6 Å². The summed E-state index contributed by atoms with van der Waals surface area (Å²) in [5, 5.41) is 4.43. The average Bonchev–Trinajstić information content (AvgIpc) is 3.79. The van der Waals surface area contributed by atoms with E-state index in [9.17, 15) is 5.48 Å². The van der Waals surface area contributed by atoms with E-state index in [0.29, 0.717) is 16.3 Å². The highest BCUT2D eigenvalue weighted by Gasteiger charge is 2.21. The van der Waals surface area contributed by atoms with Gasteiger partial charge in [0, 0.05) is 10.8 Å². The van der Waals surface area contributed by atoms with Gasteiger partial charge in [0.1, 0.15) is 11.2 Å². The fourth-order valence-electron chi connectivity index (χ4n) is 8.74. The molecule has 0 saturated carbocycles. The van der Waals surface area contributed by atoms with Gasteiger partial charge in [0.25, 0.3) is 0 Å². The molecule has 0 saturated heterocycles. The summed E-state index contributed by atoms with van der Waals surface area (Å²) in [5.74, 6) is 0. The molecule has 1 aromatic heterocycles. The molecule has 1 heteroatoms. The van der Waals surface area contributed by atoms with Crippen LogP contribution < -0.4 is 0 Å². The van der Waals surface area contributed by atoms with Gasteiger partial charge in [-0.3, -0.25) is 0 Å². The zero-order valence-electron chi connectivity index (χ0n) is 44.2. The van der Waals surface area contributed by atoms with Gasteiger partial charge in [0.2, 0.25) is 0 Å². The number of hydrogen-bond donors (Lipinski definition) is 0. The van der Waals surface area contributed by atoms with E-state index in [1.165, 1.54) is 0 Å². The maximum Gasteiger partial charge on any atom is 0.136 e. The van der Waals surface area contributed by atoms with E-state index in [2.05, 4.69) is 42.5 Å². The van der Waals surface area contributed by atoms with Crippen LogP contribution in [0.15, 0.2) is 222 Å². The molecule has 0 unspecified atom stereocenters. The van der Waals surface area contributed by atoms with Gasteiger partial charge in [-0.1, -0.05) is 188 Å². The molecule has 0 bridgehead atoms. The van der Waals surface area contributed by atoms with E-state index in [-0.39, 0.29) is 49.4 Å². The third kappa shape index (κ3) is 5.40. The monoisotopic (exact) mass is 761 g/mol. The summed E-state index contributed by atoms with van der Waals surface area (Å²) < 4.78 is 125. The van der Waals surface area contributed by atoms with Crippen LogP contribution in [0.25, 0.3) is 121 Å². The molecule has 0 aliphatic carbocycles. The van der Waals surface area contributed by atoms with Crippen LogP contribution in [0.4, 0.5) is 0 Å². The fourth-order valence-corrected chi connectivity index (χ4v) is 8.74. The second-order valence-corrected chi connectivity index (χ2v) is 14.6. The Balaban J connectivity index is 1.15. The first kappa shape index (κ1) is 22.9. The van der Waals surface area contributed by atoms with E-state index in [1.54, 1.807) is 42.5 Å². The van der Waals surface area contributed by atoms with Crippen molar-refractivity contribution >= 4 is 65.0 Å². The summed E-state index contributed by atoms with van der Waals surface area (Å²) in [6.07, 6.45) is 0. The number of furan rings is 1. The van der Waals surface area contributed by atoms with Crippen LogP contribution in [0, 0.1) is 0 Å². The molecule has 0 radical (unpaired) electrons. The van der Waals surface area contributed by atoms with Crippen LogP contribution in [0.1, 0.15) is 17.8 Å². The molecule has 274 valence electrons. The van der Waals surface area contributed by atoms with Gasteiger partial charge in [0.15, 0.2) is 0 Å². The van der Waals surface area contributed by atoms with Crippen LogP contribution in [0.3, 0.4) is 0 Å². The highest BCUT2D eigenvalue weighted by Crippen LogP contribution is 2.49. The third-order valence-electron chi connectivity index (χ3n) is 11.4. The molecule has 12 aromatic rings. The SMILES string of the molecule is [2H]c1c([2H])c([2H])c(-c2ccc3ccccc3c2-c2c3c([2H])c([2H])c([2H])c([2H])c3c(-c3ccc4cc(-c5cccc6oc7cc(-c8ccccc8)ccc7c56)ccc4c3)c3c([2H])c([2H])c([2H])c([2H])c23)c([2H])c1[2H]. The summed E-state index contributed by atoms with van der Waals surface area (Å²) in [5.41, 5.74) is 6.18. The third-order valence-corrected chi connectivity index (χ3v) is 11.4. The van der Waals surface area contributed by atoms with Crippen molar-refractivity contribution in [3.8, 4) is 55.6 Å². The quantitative estimate of drug-likeness (QED) is 0.159. The van der Waals surface area contributed by atoms with Crippen molar-refractivity contribution in [1.82, 2.24) is 0 Å². The van der Waals surface area contributed by atoms with Crippen LogP contribution in [-0.2, 0) is 0 Å². The van der Waals surface area contributed by atoms with Crippen LogP contribution in [0.5, 0.6) is 0 Å². The van der Waals surface area contributed by atoms with Crippen molar-refractivity contribution in [2.75, 3.05) is 0 Å². The number of rotatable bonds is 5. The summed E-state index contributed by atoms with van der Waals surface area (Å²) in [6.45, 7) is 0. The second kappa shape index (κ2) is 13.4. The van der Waals surface area contributed by atoms with Crippen molar-refractivity contribution in [2.45, 2.75) is 0 Å². The largest absolute Gasteiger partial charge is 0.456 e. The van der Waals surface area contributed by atoms with E-state index in [0.717, 1.165) is 55.0 Å². The normalized spacial score (nSPS) is 14.8. The molecule has 59 heavy (non-hydrogen) atoms. The maximum atomic E-state index is 9.67. The molecule has 0 aliphatic heterocycles. The average molecular weight is 762 g/mol. The number of hydrogen-bond acceptors (Lipinski definition) is 1. The number of fused-ring (bicyclic) bond motifs is 7. The lowest BCUT2D eigenvalue weighted by molar-refractivity contribution is 0.669. The van der Waals surface area contributed by atoms with Crippen molar-refractivity contribution < 1.29 is 22.2 Å². The summed E-state index contributed by atoms with van der Waals surface area (Å²) in [6, 6.07) is 37.2. The van der Waals surface area contributed by atoms with E-state index < -0.39 is 78.6 Å². The molecule has 1 heterocycles. The molecule has 0 amide bonds. The van der Waals surface area contributed by atoms with E-state index >= 15 is 0 Å². The van der Waals surface area contributed by atoms with E-state index in [4.69, 9.17) is 16.8 Å². The number of benzene rings is 11. The van der Waals surface area contributed by atoms with Gasteiger partial charge in [-0.15, -0.1) is 0 Å². The summed E-state index contributed by atoms with van der Waals surface area (Å²) in [4.78, 5) is 0. The Morgan fingerprint density at radius 2 is 0.932 bits per heavy atom. The van der Waals surface area contributed by atoms with Crippen LogP contribution in [-0.4, -0.2) is 0 Å². The standard InChI is InChI=1S/C58H36O/c1-3-14-37(15-4-1)42-31-33-52-54(36-42)59-53-25-13-24-46(56(52)53)43-28-26-41-35-44(29-27-40(41)34-43)55-48-20-9-11-22-50(48)58(51-23-12-10-21-49(51)55)57-45-19-8-7-18-39(45)30-32-47(57)38-16-5-2-6-17-38/h1-36H/i2D,5D,6D,9D,10D,11D,12D,16D,17D,20D,21D,22D,23D. The molecular weight excluding hydrogens is 713 g/mol. The lowest BCUT2D eigenvalue weighted by Gasteiger charge is -2.21. The highest BCUT2D eigenvalue weighted by atomic mass is 16.3. The molecule has 0 N–H and O–H groups in total. The fraction of sp³-hybridized carbons (Fsp3) is 0. The Morgan fingerprint density at radius 3 is 1.69 bits per heavy atom. The predicted octanol–water partition coefficient (Wildman–Crippen LogP) is 16.5. The van der Waals surface area contributed by atoms with Crippen molar-refractivity contribution in [2.24, 2.45) is 0 Å². The molecule has 0 atom stereocenters. The zero-order chi connectivity index (χ0) is 50.2. The second-order valence-electron chi connectivity index (χ2n) is 14.6. The van der Waals surface area contributed by atoms with Gasteiger partial charge in [-0.25, -0.2) is 0 Å². The Morgan fingerprint density at radius 1 is 0.305 bits per heavy atom. The molecule has 0 spiro atoms. The predicted molar refractivity (Wildman–Crippen MR) is 251 cm³/mol. The Labute approximate surface area is 360 Å². The van der Waals surface area contributed by atoms with Crippen molar-refractivity contribution in [3.63, 3.8) is 0 Å². The maximum absolute atomic E-state index is 9.67.